The third-order valence-electron chi connectivity index (χ3n) is 3.79. The zero-order valence-electron chi connectivity index (χ0n) is 12.5. The molecule has 6 nitrogen and oxygen atoms in total. The lowest BCUT2D eigenvalue weighted by atomic mass is 10.1. The van der Waals surface area contributed by atoms with E-state index in [1.54, 1.807) is 23.2 Å². The molecule has 120 valence electrons. The van der Waals surface area contributed by atoms with Crippen molar-refractivity contribution in [3.8, 4) is 11.3 Å². The summed E-state index contributed by atoms with van der Waals surface area (Å²) in [5.41, 5.74) is 2.43. The summed E-state index contributed by atoms with van der Waals surface area (Å²) in [6.07, 6.45) is 3.06. The molecule has 1 aromatic carbocycles. The smallest absolute Gasteiger partial charge is 0.274 e. The van der Waals surface area contributed by atoms with Gasteiger partial charge in [-0.2, -0.15) is 0 Å². The van der Waals surface area contributed by atoms with E-state index in [1.807, 2.05) is 6.07 Å². The molecule has 1 aliphatic rings. The van der Waals surface area contributed by atoms with Gasteiger partial charge in [-0.3, -0.25) is 9.78 Å². The van der Waals surface area contributed by atoms with Crippen LogP contribution in [0.5, 0.6) is 0 Å². The van der Waals surface area contributed by atoms with Gasteiger partial charge in [0.25, 0.3) is 5.91 Å². The summed E-state index contributed by atoms with van der Waals surface area (Å²) >= 11 is 6.09. The van der Waals surface area contributed by atoms with Gasteiger partial charge in [-0.1, -0.05) is 23.7 Å². The van der Waals surface area contributed by atoms with Crippen LogP contribution in [0.3, 0.4) is 0 Å². The molecule has 2 N–H and O–H groups in total. The Balaban J connectivity index is 1.79. The molecule has 0 spiro atoms. The Hall–Kier alpha value is -2.02. The van der Waals surface area contributed by atoms with Crippen LogP contribution in [0.25, 0.3) is 11.3 Å². The largest absolute Gasteiger partial charge is 0.392 e. The molecule has 1 aromatic heterocycles. The average Bonchev–Trinajstić information content (AvgIpc) is 2.62. The van der Waals surface area contributed by atoms with E-state index in [9.17, 15) is 4.79 Å². The van der Waals surface area contributed by atoms with Crippen LogP contribution in [0.1, 0.15) is 16.1 Å². The topological polar surface area (TPSA) is 78.3 Å². The van der Waals surface area contributed by atoms with Crippen molar-refractivity contribution < 1.29 is 9.90 Å². The Bertz CT molecular complexity index is 700. The molecular formula is C16H17ClN4O2. The van der Waals surface area contributed by atoms with Gasteiger partial charge in [-0.05, 0) is 11.6 Å². The number of rotatable bonds is 3. The molecule has 3 rings (SSSR count). The molecule has 23 heavy (non-hydrogen) atoms. The first-order valence-corrected chi connectivity index (χ1v) is 7.78. The van der Waals surface area contributed by atoms with Crippen LogP contribution in [-0.4, -0.2) is 52.1 Å². The normalized spacial score (nSPS) is 14.8. The highest BCUT2D eigenvalue weighted by Gasteiger charge is 2.19. The van der Waals surface area contributed by atoms with Gasteiger partial charge in [0.2, 0.25) is 0 Å². The molecule has 0 saturated carbocycles. The third kappa shape index (κ3) is 3.50. The number of carbonyl (C=O) groups excluding carboxylic acids is 1. The predicted molar refractivity (Wildman–Crippen MR) is 87.2 cm³/mol. The van der Waals surface area contributed by atoms with Crippen LogP contribution in [-0.2, 0) is 6.61 Å². The van der Waals surface area contributed by atoms with Crippen LogP contribution >= 0.6 is 11.6 Å². The van der Waals surface area contributed by atoms with Gasteiger partial charge in [0.1, 0.15) is 5.69 Å². The van der Waals surface area contributed by atoms with Crippen molar-refractivity contribution in [2.75, 3.05) is 26.2 Å². The molecule has 1 fully saturated rings. The maximum atomic E-state index is 12.3. The van der Waals surface area contributed by atoms with E-state index in [0.717, 1.165) is 18.7 Å². The molecule has 7 heteroatoms. The lowest BCUT2D eigenvalue weighted by Crippen LogP contribution is -2.46. The molecule has 0 unspecified atom stereocenters. The first kappa shape index (κ1) is 15.9. The third-order valence-corrected chi connectivity index (χ3v) is 4.15. The van der Waals surface area contributed by atoms with Crippen molar-refractivity contribution in [1.82, 2.24) is 20.2 Å². The monoisotopic (exact) mass is 332 g/mol. The lowest BCUT2D eigenvalue weighted by molar-refractivity contribution is 0.0729. The molecule has 2 heterocycles. The number of aliphatic hydroxyl groups is 1. The van der Waals surface area contributed by atoms with Crippen LogP contribution in [0.2, 0.25) is 5.02 Å². The van der Waals surface area contributed by atoms with Crippen molar-refractivity contribution in [3.63, 3.8) is 0 Å². The second kappa shape index (κ2) is 7.04. The van der Waals surface area contributed by atoms with Crippen molar-refractivity contribution in [2.45, 2.75) is 6.61 Å². The van der Waals surface area contributed by atoms with Crippen molar-refractivity contribution >= 4 is 17.5 Å². The van der Waals surface area contributed by atoms with E-state index in [2.05, 4.69) is 15.3 Å². The fraction of sp³-hybridized carbons (Fsp3) is 0.312. The molecule has 0 aliphatic carbocycles. The number of aromatic nitrogens is 2. The van der Waals surface area contributed by atoms with Gasteiger partial charge in [0, 0.05) is 36.8 Å². The summed E-state index contributed by atoms with van der Waals surface area (Å²) < 4.78 is 0. The first-order chi connectivity index (χ1) is 11.2. The SMILES string of the molecule is O=C(c1cnc(-c2ccc(CO)c(Cl)c2)cn1)N1CCNCC1. The van der Waals surface area contributed by atoms with E-state index in [-0.39, 0.29) is 12.5 Å². The minimum atomic E-state index is -0.108. The van der Waals surface area contributed by atoms with Crippen LogP contribution in [0, 0.1) is 0 Å². The van der Waals surface area contributed by atoms with Crippen molar-refractivity contribution in [1.29, 1.82) is 0 Å². The summed E-state index contributed by atoms with van der Waals surface area (Å²) in [5.74, 6) is -0.0980. The van der Waals surface area contributed by atoms with E-state index in [4.69, 9.17) is 16.7 Å². The summed E-state index contributed by atoms with van der Waals surface area (Å²) in [6.45, 7) is 2.85. The van der Waals surface area contributed by atoms with Gasteiger partial charge in [0.15, 0.2) is 0 Å². The van der Waals surface area contributed by atoms with Crippen LogP contribution < -0.4 is 5.32 Å². The molecule has 0 atom stereocenters. The fourth-order valence-electron chi connectivity index (χ4n) is 2.45. The fourth-order valence-corrected chi connectivity index (χ4v) is 2.69. The number of benzene rings is 1. The second-order valence-corrected chi connectivity index (χ2v) is 5.70. The van der Waals surface area contributed by atoms with Crippen molar-refractivity contribution in [2.24, 2.45) is 0 Å². The van der Waals surface area contributed by atoms with Gasteiger partial charge in [0.05, 0.1) is 24.7 Å². The Morgan fingerprint density at radius 3 is 2.65 bits per heavy atom. The Labute approximate surface area is 139 Å². The Morgan fingerprint density at radius 2 is 2.04 bits per heavy atom. The molecule has 1 saturated heterocycles. The van der Waals surface area contributed by atoms with E-state index in [1.165, 1.54) is 6.20 Å². The van der Waals surface area contributed by atoms with Crippen LogP contribution in [0.15, 0.2) is 30.6 Å². The molecule has 1 aliphatic heterocycles. The van der Waals surface area contributed by atoms with Gasteiger partial charge >= 0.3 is 0 Å². The zero-order valence-corrected chi connectivity index (χ0v) is 13.3. The highest BCUT2D eigenvalue weighted by atomic mass is 35.5. The number of amides is 1. The number of carbonyl (C=O) groups is 1. The number of piperazine rings is 1. The quantitative estimate of drug-likeness (QED) is 0.886. The summed E-state index contributed by atoms with van der Waals surface area (Å²) in [7, 11) is 0. The van der Waals surface area contributed by atoms with Gasteiger partial charge in [-0.15, -0.1) is 0 Å². The predicted octanol–water partition coefficient (Wildman–Crippen LogP) is 1.33. The average molecular weight is 333 g/mol. The number of aliphatic hydroxyl groups excluding tert-OH is 1. The van der Waals surface area contributed by atoms with Crippen LogP contribution in [0.4, 0.5) is 0 Å². The summed E-state index contributed by atoms with van der Waals surface area (Å²) in [4.78, 5) is 22.7. The summed E-state index contributed by atoms with van der Waals surface area (Å²) in [5, 5.41) is 12.8. The minimum absolute atomic E-state index is 0.0980. The lowest BCUT2D eigenvalue weighted by Gasteiger charge is -2.26. The zero-order chi connectivity index (χ0) is 16.2. The van der Waals surface area contributed by atoms with E-state index >= 15 is 0 Å². The standard InChI is InChI=1S/C16H17ClN4O2/c17-13-7-11(1-2-12(13)10-22)14-8-20-15(9-19-14)16(23)21-5-3-18-4-6-21/h1-2,7-9,18,22H,3-6,10H2. The molecule has 1 amide bonds. The number of halogens is 1. The molecule has 0 radical (unpaired) electrons. The molecule has 0 bridgehead atoms. The molecule has 2 aromatic rings. The van der Waals surface area contributed by atoms with E-state index in [0.29, 0.717) is 35.1 Å². The minimum Gasteiger partial charge on any atom is -0.392 e. The first-order valence-electron chi connectivity index (χ1n) is 7.41. The number of nitrogens with zero attached hydrogens (tertiary/aromatic N) is 3. The van der Waals surface area contributed by atoms with Crippen molar-refractivity contribution in [3.05, 3.63) is 46.9 Å². The van der Waals surface area contributed by atoms with Gasteiger partial charge < -0.3 is 15.3 Å². The second-order valence-electron chi connectivity index (χ2n) is 5.29. The Kier molecular flexibility index (Phi) is 4.85. The highest BCUT2D eigenvalue weighted by molar-refractivity contribution is 6.31. The maximum Gasteiger partial charge on any atom is 0.274 e. The van der Waals surface area contributed by atoms with E-state index < -0.39 is 0 Å². The van der Waals surface area contributed by atoms with Gasteiger partial charge in [-0.25, -0.2) is 4.98 Å². The molecular weight excluding hydrogens is 316 g/mol. The highest BCUT2D eigenvalue weighted by Crippen LogP contribution is 2.24. The number of hydrogen-bond donors (Lipinski definition) is 2. The summed E-state index contributed by atoms with van der Waals surface area (Å²) in [6, 6.07) is 5.30. The Morgan fingerprint density at radius 1 is 1.26 bits per heavy atom. The number of nitrogens with one attached hydrogen (secondary N) is 1. The number of hydrogen-bond acceptors (Lipinski definition) is 5. The maximum absolute atomic E-state index is 12.3.